The molecule has 0 saturated carbocycles. The Morgan fingerprint density at radius 3 is 2.41 bits per heavy atom. The molecule has 1 aromatic heterocycles. The lowest BCUT2D eigenvalue weighted by Crippen LogP contribution is -2.34. The number of imidazole rings is 1. The maximum Gasteiger partial charge on any atom is 0.251 e. The van der Waals surface area contributed by atoms with Gasteiger partial charge in [0.1, 0.15) is 12.4 Å². The van der Waals surface area contributed by atoms with E-state index in [4.69, 9.17) is 16.6 Å². The third-order valence-electron chi connectivity index (χ3n) is 5.55. The van der Waals surface area contributed by atoms with Crippen molar-refractivity contribution in [3.05, 3.63) is 90.3 Å². The molecule has 1 N–H and O–H groups in total. The topological polar surface area (TPSA) is 67.2 Å². The summed E-state index contributed by atoms with van der Waals surface area (Å²) in [5.41, 5.74) is 2.45. The molecule has 2 amide bonds. The number of benzene rings is 2. The van der Waals surface area contributed by atoms with Crippen molar-refractivity contribution in [2.24, 2.45) is 0 Å². The number of nitrogens with zero attached hydrogens (tertiary/aromatic N) is 3. The molecular weight excluding hydrogens is 448 g/mol. The molecule has 0 aliphatic carbocycles. The Morgan fingerprint density at radius 1 is 1.00 bits per heavy atom. The number of para-hydroxylation sites is 2. The minimum absolute atomic E-state index is 0.00844. The van der Waals surface area contributed by atoms with E-state index in [2.05, 4.69) is 18.5 Å². The highest BCUT2D eigenvalue weighted by molar-refractivity contribution is 6.30. The average Bonchev–Trinajstić information content (AvgIpc) is 3.18. The van der Waals surface area contributed by atoms with Gasteiger partial charge >= 0.3 is 0 Å². The zero-order chi connectivity index (χ0) is 24.3. The highest BCUT2D eigenvalue weighted by Crippen LogP contribution is 2.18. The fourth-order valence-electron chi connectivity index (χ4n) is 3.81. The number of halogens is 1. The number of carbonyl (C=O) groups is 2. The van der Waals surface area contributed by atoms with E-state index in [-0.39, 0.29) is 18.4 Å². The van der Waals surface area contributed by atoms with Crippen molar-refractivity contribution in [2.75, 3.05) is 19.6 Å². The summed E-state index contributed by atoms with van der Waals surface area (Å²) in [6.45, 7) is 9.29. The molecule has 0 aliphatic heterocycles. The van der Waals surface area contributed by atoms with E-state index in [0.717, 1.165) is 42.5 Å². The van der Waals surface area contributed by atoms with Gasteiger partial charge in [-0.2, -0.15) is 0 Å². The number of aryl methyl sites for hydroxylation is 1. The number of amides is 2. The van der Waals surface area contributed by atoms with Crippen LogP contribution in [0.15, 0.2) is 73.8 Å². The minimum atomic E-state index is -0.0967. The summed E-state index contributed by atoms with van der Waals surface area (Å²) in [4.78, 5) is 31.6. The van der Waals surface area contributed by atoms with Crippen LogP contribution in [0.1, 0.15) is 35.4 Å². The number of carbonyl (C=O) groups excluding carboxylic acids is 2. The highest BCUT2D eigenvalue weighted by Gasteiger charge is 2.17. The van der Waals surface area contributed by atoms with Crippen LogP contribution in [0.4, 0.5) is 0 Å². The van der Waals surface area contributed by atoms with Gasteiger partial charge in [-0.15, -0.1) is 13.2 Å². The molecule has 2 aromatic carbocycles. The van der Waals surface area contributed by atoms with E-state index in [0.29, 0.717) is 30.2 Å². The molecule has 6 nitrogen and oxygen atoms in total. The molecule has 0 spiro atoms. The second-order valence-electron chi connectivity index (χ2n) is 8.05. The molecule has 0 unspecified atom stereocenters. The molecule has 178 valence electrons. The number of aromatic nitrogens is 2. The van der Waals surface area contributed by atoms with E-state index in [1.165, 1.54) is 0 Å². The van der Waals surface area contributed by atoms with E-state index in [9.17, 15) is 9.59 Å². The first-order valence-electron chi connectivity index (χ1n) is 11.5. The normalized spacial score (nSPS) is 10.7. The van der Waals surface area contributed by atoms with Crippen LogP contribution in [0.5, 0.6) is 0 Å². The lowest BCUT2D eigenvalue weighted by atomic mass is 10.1. The molecule has 0 aliphatic rings. The second-order valence-corrected chi connectivity index (χ2v) is 8.49. The number of unbranched alkanes of at least 4 members (excludes halogenated alkanes) is 2. The van der Waals surface area contributed by atoms with Crippen LogP contribution in [0, 0.1) is 0 Å². The smallest absolute Gasteiger partial charge is 0.251 e. The van der Waals surface area contributed by atoms with E-state index in [1.807, 2.05) is 28.8 Å². The summed E-state index contributed by atoms with van der Waals surface area (Å²) in [5, 5.41) is 3.55. The zero-order valence-electron chi connectivity index (χ0n) is 19.4. The Balaban J connectivity index is 1.55. The minimum Gasteiger partial charge on any atom is -0.352 e. The summed E-state index contributed by atoms with van der Waals surface area (Å²) >= 11 is 5.87. The van der Waals surface area contributed by atoms with Crippen LogP contribution in [0.3, 0.4) is 0 Å². The Hall–Kier alpha value is -3.38. The highest BCUT2D eigenvalue weighted by atomic mass is 35.5. The molecule has 0 bridgehead atoms. The summed E-state index contributed by atoms with van der Waals surface area (Å²) < 4.78 is 2.01. The maximum absolute atomic E-state index is 12.9. The van der Waals surface area contributed by atoms with Gasteiger partial charge in [0.15, 0.2) is 0 Å². The summed E-state index contributed by atoms with van der Waals surface area (Å²) in [6.07, 6.45) is 6.93. The first-order chi connectivity index (χ1) is 16.5. The quantitative estimate of drug-likeness (QED) is 0.276. The standard InChI is InChI=1S/C27H31ClN4O2/c1-3-18-31(19-4-2)26(33)20-32-24-11-8-7-10-23(24)30-25(32)12-6-5-9-17-29-27(34)21-13-15-22(28)16-14-21/h3-4,7-8,10-11,13-16H,1-2,5-6,9,12,17-20H2,(H,29,34). The molecule has 0 atom stereocenters. The zero-order valence-corrected chi connectivity index (χ0v) is 20.1. The van der Waals surface area contributed by atoms with Crippen molar-refractivity contribution < 1.29 is 9.59 Å². The van der Waals surface area contributed by atoms with Crippen molar-refractivity contribution in [2.45, 2.75) is 32.2 Å². The van der Waals surface area contributed by atoms with E-state index < -0.39 is 0 Å². The fourth-order valence-corrected chi connectivity index (χ4v) is 3.93. The van der Waals surface area contributed by atoms with Crippen LogP contribution in [-0.2, 0) is 17.8 Å². The van der Waals surface area contributed by atoms with E-state index in [1.54, 1.807) is 41.3 Å². The molecule has 0 fully saturated rings. The molecule has 34 heavy (non-hydrogen) atoms. The predicted molar refractivity (Wildman–Crippen MR) is 138 cm³/mol. The first-order valence-corrected chi connectivity index (χ1v) is 11.9. The number of nitrogens with one attached hydrogen (secondary N) is 1. The van der Waals surface area contributed by atoms with Crippen molar-refractivity contribution >= 4 is 34.4 Å². The van der Waals surface area contributed by atoms with Crippen LogP contribution in [0.25, 0.3) is 11.0 Å². The van der Waals surface area contributed by atoms with Gasteiger partial charge in [-0.05, 0) is 49.2 Å². The Morgan fingerprint density at radius 2 is 1.71 bits per heavy atom. The SMILES string of the molecule is C=CCN(CC=C)C(=O)Cn1c(CCCCCNC(=O)c2ccc(Cl)cc2)nc2ccccc21. The summed E-state index contributed by atoms with van der Waals surface area (Å²) in [7, 11) is 0. The van der Waals surface area contributed by atoms with Gasteiger partial charge in [0.05, 0.1) is 11.0 Å². The Labute approximate surface area is 205 Å². The van der Waals surface area contributed by atoms with Gasteiger partial charge in [0, 0.05) is 36.6 Å². The van der Waals surface area contributed by atoms with Crippen LogP contribution >= 0.6 is 11.6 Å². The fraction of sp³-hybridized carbons (Fsp3) is 0.296. The van der Waals surface area contributed by atoms with Gasteiger partial charge in [-0.25, -0.2) is 4.98 Å². The van der Waals surface area contributed by atoms with Gasteiger partial charge in [0.2, 0.25) is 5.91 Å². The lowest BCUT2D eigenvalue weighted by Gasteiger charge is -2.20. The van der Waals surface area contributed by atoms with E-state index >= 15 is 0 Å². The van der Waals surface area contributed by atoms with Gasteiger partial charge in [0.25, 0.3) is 5.91 Å². The van der Waals surface area contributed by atoms with Crippen molar-refractivity contribution in [3.8, 4) is 0 Å². The van der Waals surface area contributed by atoms with Crippen molar-refractivity contribution in [3.63, 3.8) is 0 Å². The van der Waals surface area contributed by atoms with Crippen LogP contribution in [-0.4, -0.2) is 45.9 Å². The monoisotopic (exact) mass is 478 g/mol. The molecule has 7 heteroatoms. The Bertz CT molecular complexity index is 1130. The molecule has 0 saturated heterocycles. The maximum atomic E-state index is 12.9. The third kappa shape index (κ3) is 6.81. The van der Waals surface area contributed by atoms with Gasteiger partial charge in [-0.1, -0.05) is 42.3 Å². The summed E-state index contributed by atoms with van der Waals surface area (Å²) in [5.74, 6) is 0.812. The van der Waals surface area contributed by atoms with Crippen molar-refractivity contribution in [1.29, 1.82) is 0 Å². The van der Waals surface area contributed by atoms with Crippen LogP contribution in [0.2, 0.25) is 5.02 Å². The number of rotatable bonds is 13. The molecule has 3 rings (SSSR count). The second kappa shape index (κ2) is 12.8. The number of hydrogen-bond donors (Lipinski definition) is 1. The predicted octanol–water partition coefficient (Wildman–Crippen LogP) is 5.03. The van der Waals surface area contributed by atoms with Gasteiger partial charge in [-0.3, -0.25) is 9.59 Å². The van der Waals surface area contributed by atoms with Crippen LogP contribution < -0.4 is 5.32 Å². The largest absolute Gasteiger partial charge is 0.352 e. The lowest BCUT2D eigenvalue weighted by molar-refractivity contribution is -0.130. The first kappa shape index (κ1) is 25.2. The Kier molecular flexibility index (Phi) is 9.47. The average molecular weight is 479 g/mol. The molecule has 1 heterocycles. The number of fused-ring (bicyclic) bond motifs is 1. The molecule has 0 radical (unpaired) electrons. The van der Waals surface area contributed by atoms with Gasteiger partial charge < -0.3 is 14.8 Å². The molecule has 3 aromatic rings. The van der Waals surface area contributed by atoms with Crippen molar-refractivity contribution in [1.82, 2.24) is 19.8 Å². The third-order valence-corrected chi connectivity index (χ3v) is 5.80. The number of hydrogen-bond acceptors (Lipinski definition) is 3. The molecular formula is C27H31ClN4O2. The summed E-state index contributed by atoms with van der Waals surface area (Å²) in [6, 6.07) is 14.7.